The second kappa shape index (κ2) is 8.79. The lowest BCUT2D eigenvalue weighted by Crippen LogP contribution is -2.19. The number of benzene rings is 1. The van der Waals surface area contributed by atoms with Gasteiger partial charge in [-0.05, 0) is 18.2 Å². The highest BCUT2D eigenvalue weighted by atomic mass is 32.2. The summed E-state index contributed by atoms with van der Waals surface area (Å²) in [7, 11) is 4.40. The van der Waals surface area contributed by atoms with E-state index in [2.05, 4.69) is 4.74 Å². The first kappa shape index (κ1) is 18.5. The maximum absolute atomic E-state index is 12.0. The van der Waals surface area contributed by atoms with E-state index in [-0.39, 0.29) is 10.5 Å². The van der Waals surface area contributed by atoms with Crippen molar-refractivity contribution in [1.29, 1.82) is 0 Å². The van der Waals surface area contributed by atoms with E-state index in [0.717, 1.165) is 18.9 Å². The van der Waals surface area contributed by atoms with Crippen LogP contribution in [0.1, 0.15) is 0 Å². The van der Waals surface area contributed by atoms with Crippen molar-refractivity contribution in [2.45, 2.75) is 4.90 Å². The van der Waals surface area contributed by atoms with Gasteiger partial charge in [0.1, 0.15) is 0 Å². The summed E-state index contributed by atoms with van der Waals surface area (Å²) in [5.41, 5.74) is -0.0670. The minimum atomic E-state index is -1.19. The van der Waals surface area contributed by atoms with Gasteiger partial charge in [0.15, 0.2) is 0 Å². The van der Waals surface area contributed by atoms with Gasteiger partial charge in [0.05, 0.1) is 12.0 Å². The Hall–Kier alpha value is -2.54. The number of hydrogen-bond donors (Lipinski definition) is 1. The Labute approximate surface area is 138 Å². The molecule has 23 heavy (non-hydrogen) atoms. The molecular formula is C16H17NO5S. The predicted octanol–water partition coefficient (Wildman–Crippen LogP) is 1.93. The van der Waals surface area contributed by atoms with E-state index in [0.29, 0.717) is 4.90 Å². The lowest BCUT2D eigenvalue weighted by atomic mass is 10.1. The van der Waals surface area contributed by atoms with Crippen LogP contribution in [0.4, 0.5) is 0 Å². The summed E-state index contributed by atoms with van der Waals surface area (Å²) in [4.78, 5) is 37.0. The highest BCUT2D eigenvalue weighted by Gasteiger charge is 2.21. The average molecular weight is 335 g/mol. The van der Waals surface area contributed by atoms with E-state index in [4.69, 9.17) is 0 Å². The predicted molar refractivity (Wildman–Crippen MR) is 86.8 cm³/mol. The summed E-state index contributed by atoms with van der Waals surface area (Å²) in [5.74, 6) is -3.15. The van der Waals surface area contributed by atoms with Crippen LogP contribution >= 0.6 is 11.8 Å². The van der Waals surface area contributed by atoms with Crippen LogP contribution in [0.2, 0.25) is 0 Å². The zero-order valence-corrected chi connectivity index (χ0v) is 13.8. The number of ether oxygens (including phenoxy) is 1. The van der Waals surface area contributed by atoms with E-state index < -0.39 is 17.7 Å². The van der Waals surface area contributed by atoms with Crippen LogP contribution in [-0.2, 0) is 19.1 Å². The minimum Gasteiger partial charge on any atom is -0.477 e. The molecule has 0 bridgehead atoms. The first-order chi connectivity index (χ1) is 10.8. The Balaban J connectivity index is 3.21. The number of hydrogen-bond acceptors (Lipinski definition) is 6. The molecule has 0 spiro atoms. The van der Waals surface area contributed by atoms with Crippen molar-refractivity contribution in [2.24, 2.45) is 0 Å². The van der Waals surface area contributed by atoms with Crippen LogP contribution in [0.5, 0.6) is 0 Å². The summed E-state index contributed by atoms with van der Waals surface area (Å²) in [6.45, 7) is 0. The molecule has 1 N–H and O–H groups in total. The van der Waals surface area contributed by atoms with Gasteiger partial charge in [0, 0.05) is 30.8 Å². The molecule has 0 radical (unpaired) electrons. The van der Waals surface area contributed by atoms with E-state index in [1.54, 1.807) is 43.3 Å². The molecule has 0 aromatic heterocycles. The molecule has 0 atom stereocenters. The Morgan fingerprint density at radius 1 is 1.17 bits per heavy atom. The number of carboxylic acid groups (broad SMARTS) is 1. The fraction of sp³-hybridized carbons (Fsp3) is 0.188. The summed E-state index contributed by atoms with van der Waals surface area (Å²) < 4.78 is 4.40. The number of esters is 1. The molecule has 0 amide bonds. The quantitative estimate of drug-likeness (QED) is 0.268. The Bertz CT molecular complexity index is 650. The summed E-state index contributed by atoms with van der Waals surface area (Å²) >= 11 is 0.987. The standard InChI is InChI=1S/C16H17NO5S/c1-17(2)10-11(14(18)16(21)22-3)9-13(15(19)20)23-12-7-5-4-6-8-12/h4-10H,1-3H3,(H,19,20). The third-order valence-electron chi connectivity index (χ3n) is 2.50. The van der Waals surface area contributed by atoms with Gasteiger partial charge < -0.3 is 14.7 Å². The Kier molecular flexibility index (Phi) is 7.08. The Morgan fingerprint density at radius 2 is 1.78 bits per heavy atom. The highest BCUT2D eigenvalue weighted by Crippen LogP contribution is 2.27. The number of methoxy groups -OCH3 is 1. The van der Waals surface area contributed by atoms with E-state index in [1.807, 2.05) is 6.07 Å². The lowest BCUT2D eigenvalue weighted by Gasteiger charge is -2.09. The smallest absolute Gasteiger partial charge is 0.379 e. The number of carbonyl (C=O) groups excluding carboxylic acids is 2. The molecule has 122 valence electrons. The number of carboxylic acids is 1. The minimum absolute atomic E-state index is 0.0670. The van der Waals surface area contributed by atoms with Gasteiger partial charge in [-0.25, -0.2) is 9.59 Å². The molecule has 0 heterocycles. The molecule has 1 aromatic carbocycles. The van der Waals surface area contributed by atoms with Crippen molar-refractivity contribution < 1.29 is 24.2 Å². The van der Waals surface area contributed by atoms with Gasteiger partial charge in [-0.2, -0.15) is 0 Å². The van der Waals surface area contributed by atoms with Gasteiger partial charge in [0.25, 0.3) is 5.78 Å². The van der Waals surface area contributed by atoms with Crippen LogP contribution in [0, 0.1) is 0 Å². The monoisotopic (exact) mass is 335 g/mol. The number of ketones is 1. The van der Waals surface area contributed by atoms with Crippen molar-refractivity contribution in [3.63, 3.8) is 0 Å². The first-order valence-electron chi connectivity index (χ1n) is 6.54. The fourth-order valence-corrected chi connectivity index (χ4v) is 2.36. The van der Waals surface area contributed by atoms with Crippen LogP contribution < -0.4 is 0 Å². The zero-order valence-electron chi connectivity index (χ0n) is 13.0. The van der Waals surface area contributed by atoms with Crippen LogP contribution in [0.3, 0.4) is 0 Å². The first-order valence-corrected chi connectivity index (χ1v) is 7.35. The van der Waals surface area contributed by atoms with E-state index >= 15 is 0 Å². The van der Waals surface area contributed by atoms with E-state index in [9.17, 15) is 19.5 Å². The van der Waals surface area contributed by atoms with Gasteiger partial charge >= 0.3 is 11.9 Å². The van der Waals surface area contributed by atoms with Crippen molar-refractivity contribution in [3.8, 4) is 0 Å². The summed E-state index contributed by atoms with van der Waals surface area (Å²) in [6.07, 6.45) is 2.53. The number of nitrogens with zero attached hydrogens (tertiary/aromatic N) is 1. The third kappa shape index (κ3) is 5.99. The number of carbonyl (C=O) groups is 3. The van der Waals surface area contributed by atoms with Gasteiger partial charge in [-0.15, -0.1) is 0 Å². The molecule has 0 aliphatic carbocycles. The van der Waals surface area contributed by atoms with E-state index in [1.165, 1.54) is 12.3 Å². The third-order valence-corrected chi connectivity index (χ3v) is 3.52. The normalized spacial score (nSPS) is 11.8. The SMILES string of the molecule is COC(=O)C(=O)C(=CN(C)C)C=C(Sc1ccccc1)C(=O)O. The van der Waals surface area contributed by atoms with Crippen LogP contribution in [-0.4, -0.2) is 48.9 Å². The van der Waals surface area contributed by atoms with Crippen molar-refractivity contribution in [1.82, 2.24) is 4.90 Å². The summed E-state index contributed by atoms with van der Waals surface area (Å²) in [5, 5.41) is 9.34. The molecule has 1 rings (SSSR count). The number of aliphatic carboxylic acids is 1. The van der Waals surface area contributed by atoms with Gasteiger partial charge in [0.2, 0.25) is 0 Å². The number of thioether (sulfide) groups is 1. The molecule has 0 saturated carbocycles. The number of Topliss-reactive ketones (excluding diaryl/α,β-unsaturated/α-hetero) is 1. The molecule has 6 nitrogen and oxygen atoms in total. The second-order valence-electron chi connectivity index (χ2n) is 4.60. The maximum atomic E-state index is 12.0. The molecule has 0 saturated heterocycles. The molecule has 0 unspecified atom stereocenters. The van der Waals surface area contributed by atoms with Crippen molar-refractivity contribution >= 4 is 29.5 Å². The molecule has 0 fully saturated rings. The second-order valence-corrected chi connectivity index (χ2v) is 5.71. The molecule has 7 heteroatoms. The fourth-order valence-electron chi connectivity index (χ4n) is 1.54. The lowest BCUT2D eigenvalue weighted by molar-refractivity contribution is -0.149. The molecular weight excluding hydrogens is 318 g/mol. The maximum Gasteiger partial charge on any atom is 0.379 e. The van der Waals surface area contributed by atoms with Gasteiger partial charge in [-0.1, -0.05) is 30.0 Å². The Morgan fingerprint density at radius 3 is 2.26 bits per heavy atom. The van der Waals surface area contributed by atoms with Gasteiger partial charge in [-0.3, -0.25) is 4.79 Å². The number of allylic oxidation sites excluding steroid dienone is 1. The van der Waals surface area contributed by atoms with Crippen molar-refractivity contribution in [3.05, 3.63) is 53.1 Å². The molecule has 0 aliphatic rings. The van der Waals surface area contributed by atoms with Crippen LogP contribution in [0.15, 0.2) is 58.0 Å². The highest BCUT2D eigenvalue weighted by molar-refractivity contribution is 8.04. The zero-order chi connectivity index (χ0) is 17.4. The van der Waals surface area contributed by atoms with Crippen molar-refractivity contribution in [2.75, 3.05) is 21.2 Å². The molecule has 0 aliphatic heterocycles. The number of rotatable bonds is 7. The van der Waals surface area contributed by atoms with Crippen LogP contribution in [0.25, 0.3) is 0 Å². The molecule has 1 aromatic rings. The summed E-state index contributed by atoms with van der Waals surface area (Å²) in [6, 6.07) is 8.86. The average Bonchev–Trinajstić information content (AvgIpc) is 2.52. The topological polar surface area (TPSA) is 83.9 Å². The largest absolute Gasteiger partial charge is 0.477 e.